The van der Waals surface area contributed by atoms with Crippen molar-refractivity contribution >= 4 is 21.6 Å². The van der Waals surface area contributed by atoms with Crippen LogP contribution in [0.15, 0.2) is 46.9 Å². The number of rotatable bonds is 3. The van der Waals surface area contributed by atoms with Gasteiger partial charge in [0.15, 0.2) is 0 Å². The van der Waals surface area contributed by atoms with Crippen LogP contribution in [0.4, 0.5) is 10.1 Å². The number of hydrogen-bond donors (Lipinski definition) is 1. The molecule has 0 aliphatic rings. The molecule has 0 heterocycles. The molecule has 1 atom stereocenters. The first-order chi connectivity index (χ1) is 9.10. The Morgan fingerprint density at radius 2 is 1.89 bits per heavy atom. The fraction of sp³-hybridized carbons (Fsp3) is 0.133. The second kappa shape index (κ2) is 5.85. The van der Waals surface area contributed by atoms with Crippen LogP contribution in [0, 0.1) is 17.1 Å². The zero-order valence-corrected chi connectivity index (χ0v) is 11.9. The molecule has 0 fully saturated rings. The van der Waals surface area contributed by atoms with Crippen molar-refractivity contribution in [1.29, 1.82) is 5.26 Å². The van der Waals surface area contributed by atoms with Gasteiger partial charge in [0.2, 0.25) is 0 Å². The first-order valence-corrected chi connectivity index (χ1v) is 6.61. The molecule has 0 bridgehead atoms. The predicted molar refractivity (Wildman–Crippen MR) is 77.3 cm³/mol. The number of anilines is 1. The summed E-state index contributed by atoms with van der Waals surface area (Å²) in [5, 5.41) is 12.0. The van der Waals surface area contributed by atoms with Gasteiger partial charge in [-0.1, -0.05) is 28.1 Å². The Balaban J connectivity index is 2.17. The highest BCUT2D eigenvalue weighted by Gasteiger charge is 2.07. The Hall–Kier alpha value is -1.86. The summed E-state index contributed by atoms with van der Waals surface area (Å²) in [6, 6.07) is 14.3. The van der Waals surface area contributed by atoms with Crippen LogP contribution in [0.25, 0.3) is 0 Å². The van der Waals surface area contributed by atoms with Gasteiger partial charge in [-0.3, -0.25) is 0 Å². The van der Waals surface area contributed by atoms with E-state index in [-0.39, 0.29) is 11.6 Å². The lowest BCUT2D eigenvalue weighted by Crippen LogP contribution is -2.06. The van der Waals surface area contributed by atoms with E-state index in [2.05, 4.69) is 21.2 Å². The Morgan fingerprint density at radius 1 is 1.21 bits per heavy atom. The third-order valence-electron chi connectivity index (χ3n) is 2.84. The van der Waals surface area contributed by atoms with Crippen LogP contribution in [0.5, 0.6) is 0 Å². The van der Waals surface area contributed by atoms with E-state index in [1.54, 1.807) is 6.07 Å². The number of benzene rings is 2. The minimum atomic E-state index is -0.496. The normalized spacial score (nSPS) is 11.7. The molecule has 1 N–H and O–H groups in total. The number of nitrogens with zero attached hydrogens (tertiary/aromatic N) is 1. The molecular formula is C15H12BrFN2. The second-order valence-corrected chi connectivity index (χ2v) is 5.14. The quantitative estimate of drug-likeness (QED) is 0.895. The average molecular weight is 319 g/mol. The maximum atomic E-state index is 13.2. The Labute approximate surface area is 120 Å². The molecule has 0 radical (unpaired) electrons. The molecule has 4 heteroatoms. The van der Waals surface area contributed by atoms with Crippen LogP contribution < -0.4 is 5.32 Å². The van der Waals surface area contributed by atoms with Gasteiger partial charge < -0.3 is 5.32 Å². The van der Waals surface area contributed by atoms with Crippen LogP contribution >= 0.6 is 15.9 Å². The lowest BCUT2D eigenvalue weighted by molar-refractivity contribution is 0.624. The summed E-state index contributed by atoms with van der Waals surface area (Å²) < 4.78 is 14.2. The first-order valence-electron chi connectivity index (χ1n) is 5.82. The molecule has 1 unspecified atom stereocenters. The van der Waals surface area contributed by atoms with Crippen molar-refractivity contribution in [3.63, 3.8) is 0 Å². The highest BCUT2D eigenvalue weighted by atomic mass is 79.9. The third-order valence-corrected chi connectivity index (χ3v) is 3.37. The van der Waals surface area contributed by atoms with Crippen molar-refractivity contribution in [2.45, 2.75) is 13.0 Å². The molecule has 2 aromatic rings. The maximum absolute atomic E-state index is 13.2. The molecule has 19 heavy (non-hydrogen) atoms. The first kappa shape index (κ1) is 13.6. The van der Waals surface area contributed by atoms with Crippen molar-refractivity contribution < 1.29 is 4.39 Å². The van der Waals surface area contributed by atoms with Crippen LogP contribution in [0.1, 0.15) is 24.1 Å². The van der Waals surface area contributed by atoms with E-state index in [1.807, 2.05) is 37.3 Å². The van der Waals surface area contributed by atoms with Gasteiger partial charge in [-0.2, -0.15) is 5.26 Å². The lowest BCUT2D eigenvalue weighted by Gasteiger charge is -2.16. The van der Waals surface area contributed by atoms with Crippen LogP contribution in [-0.4, -0.2) is 0 Å². The highest BCUT2D eigenvalue weighted by Crippen LogP contribution is 2.22. The van der Waals surface area contributed by atoms with Gasteiger partial charge in [0.05, 0.1) is 5.56 Å². The molecule has 0 aliphatic heterocycles. The van der Waals surface area contributed by atoms with Crippen LogP contribution in [-0.2, 0) is 0 Å². The van der Waals surface area contributed by atoms with Crippen molar-refractivity contribution in [2.24, 2.45) is 0 Å². The summed E-state index contributed by atoms with van der Waals surface area (Å²) in [6.07, 6.45) is 0. The number of halogens is 2. The molecule has 96 valence electrons. The zero-order chi connectivity index (χ0) is 13.8. The smallest absolute Gasteiger partial charge is 0.141 e. The van der Waals surface area contributed by atoms with Gasteiger partial charge in [-0.05, 0) is 42.8 Å². The minimum Gasteiger partial charge on any atom is -0.378 e. The number of nitriles is 1. The van der Waals surface area contributed by atoms with Crippen molar-refractivity contribution in [3.8, 4) is 6.07 Å². The van der Waals surface area contributed by atoms with E-state index in [1.165, 1.54) is 12.1 Å². The highest BCUT2D eigenvalue weighted by molar-refractivity contribution is 9.10. The summed E-state index contributed by atoms with van der Waals surface area (Å²) in [6.45, 7) is 2.01. The monoisotopic (exact) mass is 318 g/mol. The Kier molecular flexibility index (Phi) is 4.18. The van der Waals surface area contributed by atoms with Crippen LogP contribution in [0.2, 0.25) is 0 Å². The molecule has 0 saturated carbocycles. The Morgan fingerprint density at radius 3 is 2.53 bits per heavy atom. The summed E-state index contributed by atoms with van der Waals surface area (Å²) in [7, 11) is 0. The van der Waals surface area contributed by atoms with Crippen molar-refractivity contribution in [3.05, 3.63) is 63.9 Å². The predicted octanol–water partition coefficient (Wildman–Crippen LogP) is 4.63. The number of hydrogen-bond acceptors (Lipinski definition) is 2. The van der Waals surface area contributed by atoms with Gasteiger partial charge in [-0.25, -0.2) is 4.39 Å². The van der Waals surface area contributed by atoms with E-state index >= 15 is 0 Å². The third kappa shape index (κ3) is 3.33. The number of nitrogens with one attached hydrogen (secondary N) is 1. The molecule has 0 spiro atoms. The maximum Gasteiger partial charge on any atom is 0.141 e. The fourth-order valence-corrected chi connectivity index (χ4v) is 2.05. The lowest BCUT2D eigenvalue weighted by atomic mass is 10.1. The Bertz CT molecular complexity index is 617. The van der Waals surface area contributed by atoms with Gasteiger partial charge >= 0.3 is 0 Å². The van der Waals surface area contributed by atoms with E-state index in [0.29, 0.717) is 0 Å². The summed E-state index contributed by atoms with van der Waals surface area (Å²) in [5.41, 5.74) is 1.90. The molecule has 0 aromatic heterocycles. The topological polar surface area (TPSA) is 35.8 Å². The van der Waals surface area contributed by atoms with Gasteiger partial charge in [0.25, 0.3) is 0 Å². The van der Waals surface area contributed by atoms with E-state index < -0.39 is 5.82 Å². The van der Waals surface area contributed by atoms with E-state index in [9.17, 15) is 4.39 Å². The molecule has 2 nitrogen and oxygen atoms in total. The fourth-order valence-electron chi connectivity index (χ4n) is 1.79. The van der Waals surface area contributed by atoms with Crippen LogP contribution in [0.3, 0.4) is 0 Å². The van der Waals surface area contributed by atoms with Crippen molar-refractivity contribution in [1.82, 2.24) is 0 Å². The summed E-state index contributed by atoms with van der Waals surface area (Å²) >= 11 is 3.39. The zero-order valence-electron chi connectivity index (χ0n) is 10.3. The molecule has 2 aromatic carbocycles. The molecular weight excluding hydrogens is 307 g/mol. The second-order valence-electron chi connectivity index (χ2n) is 4.22. The van der Waals surface area contributed by atoms with Gasteiger partial charge in [0, 0.05) is 16.2 Å². The SMILES string of the molecule is CC(Nc1ccc(F)c(C#N)c1)c1ccc(Br)cc1. The average Bonchev–Trinajstić information content (AvgIpc) is 2.41. The van der Waals surface area contributed by atoms with Gasteiger partial charge in [0.1, 0.15) is 11.9 Å². The summed E-state index contributed by atoms with van der Waals surface area (Å²) in [4.78, 5) is 0. The molecule has 0 saturated heterocycles. The molecule has 0 amide bonds. The minimum absolute atomic E-state index is 0.0491. The largest absolute Gasteiger partial charge is 0.378 e. The standard InChI is InChI=1S/C15H12BrFN2/c1-10(11-2-4-13(16)5-3-11)19-14-6-7-15(17)12(8-14)9-18/h2-8,10,19H,1H3. The van der Waals surface area contributed by atoms with Gasteiger partial charge in [-0.15, -0.1) is 0 Å². The van der Waals surface area contributed by atoms with E-state index in [0.717, 1.165) is 15.7 Å². The molecule has 0 aliphatic carbocycles. The van der Waals surface area contributed by atoms with Crippen molar-refractivity contribution in [2.75, 3.05) is 5.32 Å². The summed E-state index contributed by atoms with van der Waals surface area (Å²) in [5.74, 6) is -0.496. The van der Waals surface area contributed by atoms with E-state index in [4.69, 9.17) is 5.26 Å². The molecule has 2 rings (SSSR count).